The predicted molar refractivity (Wildman–Crippen MR) is 95.9 cm³/mol. The summed E-state index contributed by atoms with van der Waals surface area (Å²) < 4.78 is 0. The van der Waals surface area contributed by atoms with Crippen LogP contribution in [0.4, 0.5) is 0 Å². The van der Waals surface area contributed by atoms with Crippen LogP contribution in [0.3, 0.4) is 0 Å². The van der Waals surface area contributed by atoms with Gasteiger partial charge in [0.25, 0.3) is 0 Å². The zero-order valence-corrected chi connectivity index (χ0v) is 12.9. The minimum Gasteiger partial charge on any atom is -0.508 e. The lowest BCUT2D eigenvalue weighted by Gasteiger charge is -2.05. The van der Waals surface area contributed by atoms with Gasteiger partial charge in [-0.3, -0.25) is 0 Å². The van der Waals surface area contributed by atoms with Gasteiger partial charge in [-0.1, -0.05) is 60.7 Å². The van der Waals surface area contributed by atoms with Gasteiger partial charge in [0.1, 0.15) is 17.2 Å². The molecule has 0 amide bonds. The van der Waals surface area contributed by atoms with E-state index in [0.29, 0.717) is 5.56 Å². The Morgan fingerprint density at radius 2 is 1.33 bits per heavy atom. The number of hydrogen-bond donors (Lipinski definition) is 2. The lowest BCUT2D eigenvalue weighted by Crippen LogP contribution is -2.02. The summed E-state index contributed by atoms with van der Waals surface area (Å²) >= 11 is 0. The van der Waals surface area contributed by atoms with Crippen LogP contribution in [0, 0.1) is 0 Å². The van der Waals surface area contributed by atoms with Crippen molar-refractivity contribution in [1.82, 2.24) is 0 Å². The summed E-state index contributed by atoms with van der Waals surface area (Å²) in [7, 11) is 0. The number of rotatable bonds is 4. The van der Waals surface area contributed by atoms with Crippen LogP contribution in [0.1, 0.15) is 16.7 Å². The van der Waals surface area contributed by atoms with E-state index in [0.717, 1.165) is 16.8 Å². The Labute approximate surface area is 140 Å². The minimum atomic E-state index is -0.0464. The number of phenolic OH excluding ortho intramolecular Hbond substituents is 2. The first-order valence-corrected chi connectivity index (χ1v) is 7.48. The van der Waals surface area contributed by atoms with Gasteiger partial charge in [-0.2, -0.15) is 5.10 Å². The maximum absolute atomic E-state index is 9.79. The van der Waals surface area contributed by atoms with Crippen molar-refractivity contribution in [2.45, 2.75) is 0 Å². The molecule has 0 atom stereocenters. The molecule has 0 aliphatic rings. The molecular formula is C20H16N2O2. The molecule has 0 bridgehead atoms. The maximum Gasteiger partial charge on any atom is 0.128 e. The van der Waals surface area contributed by atoms with E-state index in [1.165, 1.54) is 18.3 Å². The summed E-state index contributed by atoms with van der Waals surface area (Å²) in [4.78, 5) is 0. The van der Waals surface area contributed by atoms with Crippen molar-refractivity contribution in [3.63, 3.8) is 0 Å². The zero-order chi connectivity index (χ0) is 16.8. The first-order chi connectivity index (χ1) is 11.7. The van der Waals surface area contributed by atoms with E-state index in [1.54, 1.807) is 6.07 Å². The second kappa shape index (κ2) is 7.24. The zero-order valence-electron chi connectivity index (χ0n) is 12.9. The van der Waals surface area contributed by atoms with Crippen molar-refractivity contribution < 1.29 is 10.2 Å². The third-order valence-electron chi connectivity index (χ3n) is 3.46. The predicted octanol–water partition coefficient (Wildman–Crippen LogP) is 3.97. The summed E-state index contributed by atoms with van der Waals surface area (Å²) in [6.45, 7) is 0. The van der Waals surface area contributed by atoms with Crippen molar-refractivity contribution in [1.29, 1.82) is 0 Å². The van der Waals surface area contributed by atoms with E-state index < -0.39 is 0 Å². The Kier molecular flexibility index (Phi) is 4.68. The molecule has 24 heavy (non-hydrogen) atoms. The fraction of sp³-hybridized carbons (Fsp3) is 0. The summed E-state index contributed by atoms with van der Waals surface area (Å²) in [5, 5.41) is 27.5. The molecule has 2 N–H and O–H groups in total. The van der Waals surface area contributed by atoms with Crippen LogP contribution in [-0.4, -0.2) is 22.1 Å². The number of hydrogen-bond acceptors (Lipinski definition) is 4. The van der Waals surface area contributed by atoms with E-state index in [9.17, 15) is 10.2 Å². The normalized spacial score (nSPS) is 10.7. The Balaban J connectivity index is 1.97. The van der Waals surface area contributed by atoms with E-state index in [-0.39, 0.29) is 11.5 Å². The molecular weight excluding hydrogens is 300 g/mol. The average Bonchev–Trinajstić information content (AvgIpc) is 2.62. The molecule has 4 nitrogen and oxygen atoms in total. The molecule has 0 saturated carbocycles. The molecule has 0 spiro atoms. The van der Waals surface area contributed by atoms with Crippen LogP contribution >= 0.6 is 0 Å². The topological polar surface area (TPSA) is 65.2 Å². The Bertz CT molecular complexity index is 831. The number of benzene rings is 3. The van der Waals surface area contributed by atoms with Crippen molar-refractivity contribution in [2.75, 3.05) is 0 Å². The SMILES string of the molecule is Oc1ccc(C=NN=C(c2ccccc2)c2ccccc2)c(O)c1. The second-order valence-corrected chi connectivity index (χ2v) is 5.17. The average molecular weight is 316 g/mol. The van der Waals surface area contributed by atoms with Gasteiger partial charge in [0.2, 0.25) is 0 Å². The van der Waals surface area contributed by atoms with Gasteiger partial charge in [0.05, 0.1) is 6.21 Å². The summed E-state index contributed by atoms with van der Waals surface area (Å²) in [6, 6.07) is 23.9. The smallest absolute Gasteiger partial charge is 0.128 e. The number of nitrogens with zero attached hydrogens (tertiary/aromatic N) is 2. The highest BCUT2D eigenvalue weighted by atomic mass is 16.3. The van der Waals surface area contributed by atoms with E-state index >= 15 is 0 Å². The Morgan fingerprint density at radius 1 is 0.750 bits per heavy atom. The quantitative estimate of drug-likeness (QED) is 0.565. The van der Waals surface area contributed by atoms with E-state index in [4.69, 9.17) is 0 Å². The molecule has 0 aliphatic heterocycles. The summed E-state index contributed by atoms with van der Waals surface area (Å²) in [5.74, 6) is -0.0441. The van der Waals surface area contributed by atoms with Gasteiger partial charge in [0.15, 0.2) is 0 Å². The van der Waals surface area contributed by atoms with E-state index in [2.05, 4.69) is 10.2 Å². The first-order valence-electron chi connectivity index (χ1n) is 7.48. The lowest BCUT2D eigenvalue weighted by molar-refractivity contribution is 0.450. The fourth-order valence-electron chi connectivity index (χ4n) is 2.26. The summed E-state index contributed by atoms with van der Waals surface area (Å²) in [5.41, 5.74) is 3.13. The van der Waals surface area contributed by atoms with Gasteiger partial charge < -0.3 is 10.2 Å². The molecule has 3 rings (SSSR count). The van der Waals surface area contributed by atoms with Crippen LogP contribution in [0.25, 0.3) is 0 Å². The molecule has 118 valence electrons. The molecule has 0 unspecified atom stereocenters. The lowest BCUT2D eigenvalue weighted by atomic mass is 10.0. The van der Waals surface area contributed by atoms with Crippen LogP contribution in [0.5, 0.6) is 11.5 Å². The third-order valence-corrected chi connectivity index (χ3v) is 3.46. The van der Waals surface area contributed by atoms with E-state index in [1.807, 2.05) is 60.7 Å². The summed E-state index contributed by atoms with van der Waals surface area (Å²) in [6.07, 6.45) is 1.46. The molecule has 4 heteroatoms. The minimum absolute atomic E-state index is 0.00223. The maximum atomic E-state index is 9.79. The second-order valence-electron chi connectivity index (χ2n) is 5.17. The standard InChI is InChI=1S/C20H16N2O2/c23-18-12-11-17(19(24)13-18)14-21-22-20(15-7-3-1-4-8-15)16-9-5-2-6-10-16/h1-14,23-24H. The molecule has 0 aromatic heterocycles. The molecule has 3 aromatic carbocycles. The third kappa shape index (κ3) is 3.67. The fourth-order valence-corrected chi connectivity index (χ4v) is 2.26. The number of aromatic hydroxyl groups is 2. The molecule has 0 aliphatic carbocycles. The van der Waals surface area contributed by atoms with Crippen molar-refractivity contribution in [2.24, 2.45) is 10.2 Å². The highest BCUT2D eigenvalue weighted by Gasteiger charge is 2.06. The number of phenols is 2. The first kappa shape index (κ1) is 15.5. The highest BCUT2D eigenvalue weighted by Crippen LogP contribution is 2.21. The Morgan fingerprint density at radius 3 is 1.88 bits per heavy atom. The van der Waals surface area contributed by atoms with Crippen LogP contribution in [0.15, 0.2) is 89.1 Å². The molecule has 0 radical (unpaired) electrons. The molecule has 0 saturated heterocycles. The highest BCUT2D eigenvalue weighted by molar-refractivity contribution is 6.12. The van der Waals surface area contributed by atoms with Gasteiger partial charge in [-0.15, -0.1) is 5.10 Å². The monoisotopic (exact) mass is 316 g/mol. The Hall–Kier alpha value is -3.40. The van der Waals surface area contributed by atoms with Gasteiger partial charge in [0, 0.05) is 22.8 Å². The molecule has 0 heterocycles. The van der Waals surface area contributed by atoms with Gasteiger partial charge >= 0.3 is 0 Å². The van der Waals surface area contributed by atoms with Crippen LogP contribution in [-0.2, 0) is 0 Å². The molecule has 0 fully saturated rings. The largest absolute Gasteiger partial charge is 0.508 e. The van der Waals surface area contributed by atoms with Crippen molar-refractivity contribution >= 4 is 11.9 Å². The molecule has 3 aromatic rings. The van der Waals surface area contributed by atoms with Gasteiger partial charge in [-0.25, -0.2) is 0 Å². The van der Waals surface area contributed by atoms with Crippen LogP contribution < -0.4 is 0 Å². The van der Waals surface area contributed by atoms with Crippen molar-refractivity contribution in [3.8, 4) is 11.5 Å². The van der Waals surface area contributed by atoms with Crippen molar-refractivity contribution in [3.05, 3.63) is 95.6 Å². The van der Waals surface area contributed by atoms with Crippen LogP contribution in [0.2, 0.25) is 0 Å². The van der Waals surface area contributed by atoms with Gasteiger partial charge in [-0.05, 0) is 12.1 Å².